The average Bonchev–Trinajstić information content (AvgIpc) is 2.46. The molecule has 106 valence electrons. The zero-order chi connectivity index (χ0) is 15.0. The van der Waals surface area contributed by atoms with E-state index in [-0.39, 0.29) is 17.5 Å². The number of carbonyl (C=O) groups excluding carboxylic acids is 2. The molecule has 0 radical (unpaired) electrons. The second-order valence-corrected chi connectivity index (χ2v) is 4.85. The summed E-state index contributed by atoms with van der Waals surface area (Å²) in [6.07, 6.45) is 2.20. The fraction of sp³-hybridized carbons (Fsp3) is 0.214. The average molecular weight is 285 g/mol. The molecule has 0 aliphatic carbocycles. The summed E-state index contributed by atoms with van der Waals surface area (Å²) in [7, 11) is 0. The molecule has 1 fully saturated rings. The molecule has 1 aliphatic heterocycles. The molecule has 0 spiro atoms. The number of nitrogens with one attached hydrogen (secondary N) is 1. The van der Waals surface area contributed by atoms with Crippen molar-refractivity contribution in [3.05, 3.63) is 35.7 Å². The summed E-state index contributed by atoms with van der Waals surface area (Å²) in [5.41, 5.74) is 0.610. The van der Waals surface area contributed by atoms with Crippen LogP contribution >= 0.6 is 0 Å². The lowest BCUT2D eigenvalue weighted by molar-refractivity contribution is -0.134. The number of imide groups is 1. The van der Waals surface area contributed by atoms with E-state index in [4.69, 9.17) is 5.11 Å². The van der Waals surface area contributed by atoms with E-state index in [0.717, 1.165) is 5.56 Å². The highest BCUT2D eigenvalue weighted by Crippen LogP contribution is 2.28. The number of carboxylic acids is 1. The van der Waals surface area contributed by atoms with Crippen LogP contribution in [0, 0.1) is 0 Å². The van der Waals surface area contributed by atoms with Crippen LogP contribution in [0.5, 0.6) is 0 Å². The number of rotatable bonds is 2. The predicted molar refractivity (Wildman–Crippen MR) is 71.6 cm³/mol. The molecule has 1 atom stereocenters. The Bertz CT molecular complexity index is 772. The lowest BCUT2D eigenvalue weighted by Gasteiger charge is -2.21. The van der Waals surface area contributed by atoms with Gasteiger partial charge in [-0.15, -0.1) is 5.10 Å². The smallest absolute Gasteiger partial charge is 0.357 e. The number of benzene rings is 1. The summed E-state index contributed by atoms with van der Waals surface area (Å²) < 4.78 is 0. The van der Waals surface area contributed by atoms with Gasteiger partial charge in [0.15, 0.2) is 5.69 Å². The highest BCUT2D eigenvalue weighted by atomic mass is 16.4. The minimum absolute atomic E-state index is 0.123. The van der Waals surface area contributed by atoms with Crippen molar-refractivity contribution in [1.29, 1.82) is 0 Å². The Kier molecular flexibility index (Phi) is 3.09. The standard InChI is InChI=1S/C14H11N3O4/c18-11-4-3-10(13(19)16-11)7-1-2-9-8(5-7)6-15-17-12(9)14(20)21/h1-2,5-6,10H,3-4H2,(H,20,21)(H,16,18,19). The minimum atomic E-state index is -1.15. The normalized spacial score (nSPS) is 18.6. The van der Waals surface area contributed by atoms with Crippen molar-refractivity contribution >= 4 is 28.6 Å². The molecule has 1 aliphatic rings. The third-order valence-electron chi connectivity index (χ3n) is 3.53. The van der Waals surface area contributed by atoms with Gasteiger partial charge in [0.2, 0.25) is 11.8 Å². The molecule has 0 bridgehead atoms. The fourth-order valence-corrected chi connectivity index (χ4v) is 2.49. The molecule has 1 unspecified atom stereocenters. The lowest BCUT2D eigenvalue weighted by atomic mass is 9.89. The van der Waals surface area contributed by atoms with Gasteiger partial charge in [-0.2, -0.15) is 5.10 Å². The maximum Gasteiger partial charge on any atom is 0.357 e. The van der Waals surface area contributed by atoms with E-state index in [0.29, 0.717) is 23.6 Å². The molecule has 1 saturated heterocycles. The van der Waals surface area contributed by atoms with Crippen LogP contribution in [0.3, 0.4) is 0 Å². The van der Waals surface area contributed by atoms with Crippen molar-refractivity contribution in [1.82, 2.24) is 15.5 Å². The highest BCUT2D eigenvalue weighted by molar-refractivity contribution is 6.03. The second-order valence-electron chi connectivity index (χ2n) is 4.85. The summed E-state index contributed by atoms with van der Waals surface area (Å²) >= 11 is 0. The van der Waals surface area contributed by atoms with Gasteiger partial charge in [0, 0.05) is 17.2 Å². The van der Waals surface area contributed by atoms with Crippen LogP contribution in [0.1, 0.15) is 34.8 Å². The molecular formula is C14H11N3O4. The zero-order valence-electron chi connectivity index (χ0n) is 10.9. The van der Waals surface area contributed by atoms with Crippen LogP contribution in [0.2, 0.25) is 0 Å². The number of hydrogen-bond donors (Lipinski definition) is 2. The minimum Gasteiger partial charge on any atom is -0.476 e. The number of piperidine rings is 1. The number of aromatic carboxylic acids is 1. The van der Waals surface area contributed by atoms with Gasteiger partial charge in [-0.25, -0.2) is 4.79 Å². The highest BCUT2D eigenvalue weighted by Gasteiger charge is 2.28. The first-order chi connectivity index (χ1) is 10.1. The maximum absolute atomic E-state index is 11.9. The summed E-state index contributed by atoms with van der Waals surface area (Å²) in [5.74, 6) is -2.16. The molecule has 1 aromatic carbocycles. The van der Waals surface area contributed by atoms with Crippen LogP contribution in [0.25, 0.3) is 10.8 Å². The summed E-state index contributed by atoms with van der Waals surface area (Å²) in [6.45, 7) is 0. The molecule has 2 aromatic rings. The number of amides is 2. The Labute approximate surface area is 119 Å². The zero-order valence-corrected chi connectivity index (χ0v) is 10.9. The van der Waals surface area contributed by atoms with Gasteiger partial charge < -0.3 is 5.11 Å². The van der Waals surface area contributed by atoms with Gasteiger partial charge in [-0.05, 0) is 18.1 Å². The number of nitrogens with zero attached hydrogens (tertiary/aromatic N) is 2. The van der Waals surface area contributed by atoms with Crippen molar-refractivity contribution in [3.8, 4) is 0 Å². The quantitative estimate of drug-likeness (QED) is 0.792. The first-order valence-electron chi connectivity index (χ1n) is 6.38. The molecule has 0 saturated carbocycles. The van der Waals surface area contributed by atoms with Crippen LogP contribution in [-0.2, 0) is 9.59 Å². The molecule has 21 heavy (non-hydrogen) atoms. The van der Waals surface area contributed by atoms with Crippen LogP contribution in [0.15, 0.2) is 24.4 Å². The van der Waals surface area contributed by atoms with Crippen LogP contribution < -0.4 is 5.32 Å². The van der Waals surface area contributed by atoms with Crippen LogP contribution in [-0.4, -0.2) is 33.1 Å². The van der Waals surface area contributed by atoms with E-state index >= 15 is 0 Å². The molecule has 1 aromatic heterocycles. The van der Waals surface area contributed by atoms with Gasteiger partial charge in [0.1, 0.15) is 0 Å². The van der Waals surface area contributed by atoms with E-state index < -0.39 is 11.9 Å². The van der Waals surface area contributed by atoms with Gasteiger partial charge in [-0.1, -0.05) is 12.1 Å². The fourth-order valence-electron chi connectivity index (χ4n) is 2.49. The summed E-state index contributed by atoms with van der Waals surface area (Å²) in [6, 6.07) is 5.03. The lowest BCUT2D eigenvalue weighted by Crippen LogP contribution is -2.39. The monoisotopic (exact) mass is 285 g/mol. The Balaban J connectivity index is 2.04. The van der Waals surface area contributed by atoms with E-state index in [2.05, 4.69) is 15.5 Å². The number of aromatic nitrogens is 2. The number of fused-ring (bicyclic) bond motifs is 1. The molecule has 2 heterocycles. The third-order valence-corrected chi connectivity index (χ3v) is 3.53. The molecule has 7 heteroatoms. The van der Waals surface area contributed by atoms with E-state index in [9.17, 15) is 14.4 Å². The maximum atomic E-state index is 11.9. The van der Waals surface area contributed by atoms with Gasteiger partial charge in [0.25, 0.3) is 0 Å². The van der Waals surface area contributed by atoms with Gasteiger partial charge in [0.05, 0.1) is 12.1 Å². The van der Waals surface area contributed by atoms with Crippen molar-refractivity contribution in [2.24, 2.45) is 0 Å². The first-order valence-corrected chi connectivity index (χ1v) is 6.38. The van der Waals surface area contributed by atoms with E-state index in [1.54, 1.807) is 18.2 Å². The molecule has 2 N–H and O–H groups in total. The Morgan fingerprint density at radius 2 is 2.14 bits per heavy atom. The first kappa shape index (κ1) is 13.2. The van der Waals surface area contributed by atoms with Gasteiger partial charge >= 0.3 is 5.97 Å². The SMILES string of the molecule is O=C1CCC(c2ccc3c(C(=O)O)nncc3c2)C(=O)N1. The second kappa shape index (κ2) is 4.93. The Hall–Kier alpha value is -2.83. The topological polar surface area (TPSA) is 109 Å². The largest absolute Gasteiger partial charge is 0.476 e. The van der Waals surface area contributed by atoms with Crippen molar-refractivity contribution in [2.45, 2.75) is 18.8 Å². The van der Waals surface area contributed by atoms with E-state index in [1.807, 2.05) is 0 Å². The molecule has 2 amide bonds. The predicted octanol–water partition coefficient (Wildman–Crippen LogP) is 0.848. The molecule has 7 nitrogen and oxygen atoms in total. The number of hydrogen-bond acceptors (Lipinski definition) is 5. The van der Waals surface area contributed by atoms with Crippen LogP contribution in [0.4, 0.5) is 0 Å². The van der Waals surface area contributed by atoms with Crippen molar-refractivity contribution < 1.29 is 19.5 Å². The summed E-state index contributed by atoms with van der Waals surface area (Å²) in [4.78, 5) is 34.1. The number of carbonyl (C=O) groups is 3. The van der Waals surface area contributed by atoms with Crippen molar-refractivity contribution in [2.75, 3.05) is 0 Å². The Morgan fingerprint density at radius 1 is 1.33 bits per heavy atom. The third kappa shape index (κ3) is 2.33. The number of carboxylic acid groups (broad SMARTS) is 1. The van der Waals surface area contributed by atoms with E-state index in [1.165, 1.54) is 6.20 Å². The van der Waals surface area contributed by atoms with Gasteiger partial charge in [-0.3, -0.25) is 14.9 Å². The summed E-state index contributed by atoms with van der Waals surface area (Å²) in [5, 5.41) is 19.7. The van der Waals surface area contributed by atoms with Crippen molar-refractivity contribution in [3.63, 3.8) is 0 Å². The Morgan fingerprint density at radius 3 is 2.86 bits per heavy atom. The molecular weight excluding hydrogens is 274 g/mol. The molecule has 3 rings (SSSR count).